The number of rotatable bonds is 6. The Labute approximate surface area is 164 Å². The summed E-state index contributed by atoms with van der Waals surface area (Å²) < 4.78 is 18.9. The molecule has 1 aromatic rings. The lowest BCUT2D eigenvalue weighted by Gasteiger charge is -2.37. The van der Waals surface area contributed by atoms with Crippen molar-refractivity contribution in [3.63, 3.8) is 0 Å². The number of aliphatic hydroxyl groups is 1. The summed E-state index contributed by atoms with van der Waals surface area (Å²) in [6.07, 6.45) is 4.74. The molecule has 7 heteroatoms. The van der Waals surface area contributed by atoms with Crippen molar-refractivity contribution in [2.24, 2.45) is 17.6 Å². The van der Waals surface area contributed by atoms with Crippen LogP contribution < -0.4 is 10.5 Å². The highest BCUT2D eigenvalue weighted by molar-refractivity contribution is 6.32. The number of halogens is 2. The van der Waals surface area contributed by atoms with Gasteiger partial charge in [0.1, 0.15) is 23.8 Å². The third-order valence-corrected chi connectivity index (χ3v) is 6.17. The lowest BCUT2D eigenvalue weighted by Crippen LogP contribution is -2.49. The minimum atomic E-state index is -0.606. The fraction of sp³-hybridized carbons (Fsp3) is 0.650. The van der Waals surface area contributed by atoms with Crippen LogP contribution in [0.2, 0.25) is 5.02 Å². The van der Waals surface area contributed by atoms with E-state index >= 15 is 0 Å². The van der Waals surface area contributed by atoms with Gasteiger partial charge in [0.15, 0.2) is 0 Å². The molecule has 150 valence electrons. The van der Waals surface area contributed by atoms with Gasteiger partial charge in [0, 0.05) is 19.0 Å². The summed E-state index contributed by atoms with van der Waals surface area (Å²) in [5.74, 6) is 0.508. The van der Waals surface area contributed by atoms with Gasteiger partial charge < -0.3 is 20.5 Å². The van der Waals surface area contributed by atoms with Crippen molar-refractivity contribution < 1.29 is 19.0 Å². The van der Waals surface area contributed by atoms with Crippen LogP contribution >= 0.6 is 11.6 Å². The van der Waals surface area contributed by atoms with E-state index in [1.54, 1.807) is 0 Å². The second-order valence-electron chi connectivity index (χ2n) is 7.80. The van der Waals surface area contributed by atoms with Crippen LogP contribution in [0.3, 0.4) is 0 Å². The van der Waals surface area contributed by atoms with E-state index in [0.717, 1.165) is 45.2 Å². The predicted molar refractivity (Wildman–Crippen MR) is 102 cm³/mol. The molecule has 0 aromatic heterocycles. The monoisotopic (exact) mass is 398 g/mol. The summed E-state index contributed by atoms with van der Waals surface area (Å²) in [7, 11) is 0. The Kier molecular flexibility index (Phi) is 6.95. The number of carbonyl (C=O) groups is 1. The topological polar surface area (TPSA) is 75.8 Å². The normalized spacial score (nSPS) is 29.4. The molecule has 1 aliphatic carbocycles. The number of nitrogens with zero attached hydrogens (tertiary/aromatic N) is 1. The van der Waals surface area contributed by atoms with Crippen LogP contribution in [0.15, 0.2) is 18.2 Å². The molecular weight excluding hydrogens is 371 g/mol. The number of primary amides is 1. The van der Waals surface area contributed by atoms with Crippen molar-refractivity contribution in [2.45, 2.75) is 50.7 Å². The van der Waals surface area contributed by atoms with E-state index in [-0.39, 0.29) is 23.0 Å². The average molecular weight is 399 g/mol. The SMILES string of the molecule is NC(=O)[C@H]1CC[C@H](CCN2CC[C@@H](Oc3ccc(F)cc3Cl)[C@H](O)C2)CC1. The minimum Gasteiger partial charge on any atom is -0.486 e. The van der Waals surface area contributed by atoms with Crippen LogP contribution in [0.25, 0.3) is 0 Å². The number of aliphatic hydroxyl groups excluding tert-OH is 1. The molecule has 2 aliphatic rings. The van der Waals surface area contributed by atoms with Crippen LogP contribution in [0.4, 0.5) is 4.39 Å². The Morgan fingerprint density at radius 1 is 1.30 bits per heavy atom. The van der Waals surface area contributed by atoms with Crippen molar-refractivity contribution in [1.29, 1.82) is 0 Å². The summed E-state index contributed by atoms with van der Waals surface area (Å²) in [4.78, 5) is 13.5. The van der Waals surface area contributed by atoms with E-state index in [9.17, 15) is 14.3 Å². The van der Waals surface area contributed by atoms with Crippen molar-refractivity contribution in [1.82, 2.24) is 4.90 Å². The van der Waals surface area contributed by atoms with Crippen molar-refractivity contribution in [2.75, 3.05) is 19.6 Å². The predicted octanol–water partition coefficient (Wildman–Crippen LogP) is 2.97. The zero-order valence-electron chi connectivity index (χ0n) is 15.4. The summed E-state index contributed by atoms with van der Waals surface area (Å²) in [5, 5.41) is 10.7. The number of likely N-dealkylation sites (tertiary alicyclic amines) is 1. The molecule has 0 radical (unpaired) electrons. The molecule has 2 fully saturated rings. The van der Waals surface area contributed by atoms with E-state index in [0.29, 0.717) is 24.6 Å². The Bertz CT molecular complexity index is 652. The molecule has 3 rings (SSSR count). The number of hydrogen-bond acceptors (Lipinski definition) is 4. The number of benzene rings is 1. The number of carbonyl (C=O) groups excluding carboxylic acids is 1. The van der Waals surface area contributed by atoms with E-state index in [2.05, 4.69) is 4.90 Å². The van der Waals surface area contributed by atoms with E-state index < -0.39 is 11.9 Å². The van der Waals surface area contributed by atoms with Crippen LogP contribution in [0, 0.1) is 17.7 Å². The van der Waals surface area contributed by atoms with Gasteiger partial charge in [-0.15, -0.1) is 0 Å². The highest BCUT2D eigenvalue weighted by Crippen LogP contribution is 2.31. The second kappa shape index (κ2) is 9.22. The molecule has 0 spiro atoms. The summed E-state index contributed by atoms with van der Waals surface area (Å²) in [6.45, 7) is 2.34. The average Bonchev–Trinajstić information content (AvgIpc) is 2.64. The summed E-state index contributed by atoms with van der Waals surface area (Å²) >= 11 is 6.00. The van der Waals surface area contributed by atoms with Crippen LogP contribution in [0.5, 0.6) is 5.75 Å². The molecule has 3 N–H and O–H groups in total. The maximum absolute atomic E-state index is 13.1. The van der Waals surface area contributed by atoms with Gasteiger partial charge in [-0.3, -0.25) is 4.79 Å². The third-order valence-electron chi connectivity index (χ3n) is 5.88. The van der Waals surface area contributed by atoms with Crippen molar-refractivity contribution in [3.05, 3.63) is 29.0 Å². The number of ether oxygens (including phenoxy) is 1. The Hall–Kier alpha value is -1.37. The number of piperidine rings is 1. The molecule has 1 heterocycles. The van der Waals surface area contributed by atoms with Crippen molar-refractivity contribution in [3.8, 4) is 5.75 Å². The molecule has 1 aliphatic heterocycles. The number of nitrogens with two attached hydrogens (primary N) is 1. The maximum Gasteiger partial charge on any atom is 0.220 e. The molecular formula is C20H28ClFN2O3. The molecule has 0 bridgehead atoms. The molecule has 1 saturated heterocycles. The van der Waals surface area contributed by atoms with Gasteiger partial charge in [0.2, 0.25) is 5.91 Å². The standard InChI is InChI=1S/C20H28ClFN2O3/c21-16-11-15(22)5-6-18(16)27-19-8-10-24(12-17(19)25)9-7-13-1-3-14(4-2-13)20(23)26/h5-6,11,13-14,17,19,25H,1-4,7-10,12H2,(H2,23,26)/t13-,14-,17-,19-/m1/s1. The van der Waals surface area contributed by atoms with Gasteiger partial charge in [-0.05, 0) is 69.2 Å². The highest BCUT2D eigenvalue weighted by Gasteiger charge is 2.31. The first kappa shape index (κ1) is 20.4. The second-order valence-corrected chi connectivity index (χ2v) is 8.20. The molecule has 1 aromatic carbocycles. The zero-order chi connectivity index (χ0) is 19.4. The molecule has 2 atom stereocenters. The minimum absolute atomic E-state index is 0.0502. The van der Waals surface area contributed by atoms with Crippen LogP contribution in [-0.4, -0.2) is 47.8 Å². The van der Waals surface area contributed by atoms with Gasteiger partial charge in [-0.25, -0.2) is 4.39 Å². The fourth-order valence-corrected chi connectivity index (χ4v) is 4.36. The Balaban J connectivity index is 1.41. The smallest absolute Gasteiger partial charge is 0.220 e. The Morgan fingerprint density at radius 3 is 2.67 bits per heavy atom. The number of amides is 1. The third kappa shape index (κ3) is 5.56. The van der Waals surface area contributed by atoms with Crippen LogP contribution in [-0.2, 0) is 4.79 Å². The van der Waals surface area contributed by atoms with Gasteiger partial charge in [0.25, 0.3) is 0 Å². The largest absolute Gasteiger partial charge is 0.486 e. The van der Waals surface area contributed by atoms with E-state index in [4.69, 9.17) is 22.1 Å². The molecule has 5 nitrogen and oxygen atoms in total. The first-order valence-electron chi connectivity index (χ1n) is 9.74. The lowest BCUT2D eigenvalue weighted by atomic mass is 9.80. The molecule has 0 unspecified atom stereocenters. The van der Waals surface area contributed by atoms with Crippen LogP contribution in [0.1, 0.15) is 38.5 Å². The first-order valence-corrected chi connectivity index (χ1v) is 10.1. The maximum atomic E-state index is 13.1. The summed E-state index contributed by atoms with van der Waals surface area (Å²) in [6, 6.07) is 4.01. The quantitative estimate of drug-likeness (QED) is 0.772. The van der Waals surface area contributed by atoms with Gasteiger partial charge >= 0.3 is 0 Å². The highest BCUT2D eigenvalue weighted by atomic mass is 35.5. The van der Waals surface area contributed by atoms with Crippen molar-refractivity contribution >= 4 is 17.5 Å². The molecule has 1 saturated carbocycles. The van der Waals surface area contributed by atoms with Gasteiger partial charge in [-0.1, -0.05) is 11.6 Å². The fourth-order valence-electron chi connectivity index (χ4n) is 4.15. The Morgan fingerprint density at radius 2 is 2.04 bits per heavy atom. The zero-order valence-corrected chi connectivity index (χ0v) is 16.2. The summed E-state index contributed by atoms with van der Waals surface area (Å²) in [5.41, 5.74) is 5.39. The first-order chi connectivity index (χ1) is 12.9. The van der Waals surface area contributed by atoms with Gasteiger partial charge in [-0.2, -0.15) is 0 Å². The lowest BCUT2D eigenvalue weighted by molar-refractivity contribution is -0.123. The molecule has 27 heavy (non-hydrogen) atoms. The number of hydrogen-bond donors (Lipinski definition) is 2. The number of β-amino-alcohol motifs (C(OH)–C–C–N with tert-alkyl or cyclic N) is 1. The van der Waals surface area contributed by atoms with E-state index in [1.165, 1.54) is 18.2 Å². The molecule has 1 amide bonds. The van der Waals surface area contributed by atoms with E-state index in [1.807, 2.05) is 0 Å². The van der Waals surface area contributed by atoms with Gasteiger partial charge in [0.05, 0.1) is 5.02 Å².